The number of carboxylic acids is 1. The van der Waals surface area contributed by atoms with E-state index in [4.69, 9.17) is 5.11 Å². The molecule has 8 heteroatoms. The van der Waals surface area contributed by atoms with Crippen LogP contribution < -0.4 is 0 Å². The number of rotatable bonds is 8. The molecule has 0 aromatic carbocycles. The fourth-order valence-electron chi connectivity index (χ4n) is 1.81. The monoisotopic (exact) mass is 297 g/mol. The average Bonchev–Trinajstić information content (AvgIpc) is 2.86. The minimum Gasteiger partial charge on any atom is -0.481 e. The molecule has 1 heterocycles. The normalized spacial score (nSPS) is 12.1. The summed E-state index contributed by atoms with van der Waals surface area (Å²) in [6.07, 6.45) is 0.705. The van der Waals surface area contributed by atoms with Gasteiger partial charge in [0.2, 0.25) is 0 Å². The molecule has 108 valence electrons. The Morgan fingerprint density at radius 1 is 1.60 bits per heavy atom. The van der Waals surface area contributed by atoms with E-state index in [1.807, 2.05) is 6.92 Å². The van der Waals surface area contributed by atoms with Gasteiger partial charge in [-0.25, -0.2) is 0 Å². The van der Waals surface area contributed by atoms with Crippen LogP contribution in [0.1, 0.15) is 30.7 Å². The second-order valence-electron chi connectivity index (χ2n) is 4.14. The molecular formula is C12H15N3O4S. The SMILES string of the molecule is CCCN(CCC(=O)O)C(C#N)c1ccc([N+](=O)[O-])s1. The van der Waals surface area contributed by atoms with Crippen LogP contribution >= 0.6 is 11.3 Å². The third-order valence-electron chi connectivity index (χ3n) is 2.67. The number of thiophene rings is 1. The van der Waals surface area contributed by atoms with Gasteiger partial charge in [-0.05, 0) is 19.0 Å². The van der Waals surface area contributed by atoms with Crippen LogP contribution in [0.2, 0.25) is 0 Å². The number of carboxylic acid groups (broad SMARTS) is 1. The Morgan fingerprint density at radius 2 is 2.30 bits per heavy atom. The van der Waals surface area contributed by atoms with Crippen LogP contribution in [0.15, 0.2) is 12.1 Å². The fourth-order valence-corrected chi connectivity index (χ4v) is 2.71. The summed E-state index contributed by atoms with van der Waals surface area (Å²) in [5, 5.41) is 28.7. The van der Waals surface area contributed by atoms with Crippen LogP contribution in [0.4, 0.5) is 5.00 Å². The molecule has 1 unspecified atom stereocenters. The van der Waals surface area contributed by atoms with E-state index >= 15 is 0 Å². The van der Waals surface area contributed by atoms with Gasteiger partial charge < -0.3 is 5.11 Å². The highest BCUT2D eigenvalue weighted by molar-refractivity contribution is 7.15. The van der Waals surface area contributed by atoms with Crippen LogP contribution in [-0.4, -0.2) is 34.0 Å². The highest BCUT2D eigenvalue weighted by atomic mass is 32.1. The van der Waals surface area contributed by atoms with Crippen molar-refractivity contribution in [3.63, 3.8) is 0 Å². The van der Waals surface area contributed by atoms with E-state index in [2.05, 4.69) is 6.07 Å². The van der Waals surface area contributed by atoms with Gasteiger partial charge in [-0.2, -0.15) is 5.26 Å². The van der Waals surface area contributed by atoms with Crippen molar-refractivity contribution in [1.82, 2.24) is 4.90 Å². The van der Waals surface area contributed by atoms with Crippen molar-refractivity contribution in [2.24, 2.45) is 0 Å². The van der Waals surface area contributed by atoms with E-state index < -0.39 is 16.9 Å². The lowest BCUT2D eigenvalue weighted by Gasteiger charge is -2.25. The first-order chi connectivity index (χ1) is 9.49. The predicted octanol–water partition coefficient (Wildman–Crippen LogP) is 2.41. The van der Waals surface area contributed by atoms with Crippen molar-refractivity contribution in [3.05, 3.63) is 27.1 Å². The van der Waals surface area contributed by atoms with Gasteiger partial charge in [0.1, 0.15) is 6.04 Å². The van der Waals surface area contributed by atoms with Crippen LogP contribution in [-0.2, 0) is 4.79 Å². The first-order valence-corrected chi connectivity index (χ1v) is 6.90. The molecule has 20 heavy (non-hydrogen) atoms. The number of nitrogens with zero attached hydrogens (tertiary/aromatic N) is 3. The van der Waals surface area contributed by atoms with Crippen molar-refractivity contribution in [2.45, 2.75) is 25.8 Å². The third-order valence-corrected chi connectivity index (χ3v) is 3.76. The Labute approximate surface area is 120 Å². The van der Waals surface area contributed by atoms with Gasteiger partial charge in [-0.15, -0.1) is 0 Å². The molecular weight excluding hydrogens is 282 g/mol. The van der Waals surface area contributed by atoms with Gasteiger partial charge in [0.25, 0.3) is 0 Å². The molecule has 0 aliphatic rings. The van der Waals surface area contributed by atoms with Gasteiger partial charge in [0.05, 0.1) is 17.4 Å². The van der Waals surface area contributed by atoms with Gasteiger partial charge in [0.15, 0.2) is 0 Å². The van der Waals surface area contributed by atoms with Crippen molar-refractivity contribution in [1.29, 1.82) is 5.26 Å². The summed E-state index contributed by atoms with van der Waals surface area (Å²) in [4.78, 5) is 23.1. The molecule has 0 fully saturated rings. The second kappa shape index (κ2) is 7.57. The molecule has 0 radical (unpaired) electrons. The van der Waals surface area contributed by atoms with E-state index in [-0.39, 0.29) is 18.0 Å². The predicted molar refractivity (Wildman–Crippen MR) is 73.4 cm³/mol. The molecule has 0 aliphatic carbocycles. The Hall–Kier alpha value is -1.98. The molecule has 1 aromatic rings. The van der Waals surface area contributed by atoms with Crippen molar-refractivity contribution < 1.29 is 14.8 Å². The minimum absolute atomic E-state index is 0.0186. The zero-order valence-corrected chi connectivity index (χ0v) is 11.8. The Bertz CT molecular complexity index is 523. The molecule has 1 rings (SSSR count). The Kier molecular flexibility index (Phi) is 6.09. The first kappa shape index (κ1) is 16.1. The van der Waals surface area contributed by atoms with Crippen LogP contribution in [0.5, 0.6) is 0 Å². The van der Waals surface area contributed by atoms with Crippen LogP contribution in [0.3, 0.4) is 0 Å². The van der Waals surface area contributed by atoms with Crippen LogP contribution in [0, 0.1) is 21.4 Å². The number of hydrogen-bond donors (Lipinski definition) is 1. The summed E-state index contributed by atoms with van der Waals surface area (Å²) in [6.45, 7) is 2.74. The maximum Gasteiger partial charge on any atom is 0.324 e. The van der Waals surface area contributed by atoms with E-state index in [0.717, 1.165) is 17.8 Å². The molecule has 0 saturated heterocycles. The van der Waals surface area contributed by atoms with Gasteiger partial charge in [-0.3, -0.25) is 19.8 Å². The van der Waals surface area contributed by atoms with Crippen molar-refractivity contribution in [2.75, 3.05) is 13.1 Å². The van der Waals surface area contributed by atoms with Crippen molar-refractivity contribution in [3.8, 4) is 6.07 Å². The average molecular weight is 297 g/mol. The topological polar surface area (TPSA) is 107 Å². The summed E-state index contributed by atoms with van der Waals surface area (Å²) < 4.78 is 0. The van der Waals surface area contributed by atoms with Crippen molar-refractivity contribution >= 4 is 22.3 Å². The van der Waals surface area contributed by atoms with Gasteiger partial charge >= 0.3 is 11.0 Å². The molecule has 0 aliphatic heterocycles. The highest BCUT2D eigenvalue weighted by Gasteiger charge is 2.23. The number of nitriles is 1. The Balaban J connectivity index is 2.90. The maximum atomic E-state index is 10.7. The lowest BCUT2D eigenvalue weighted by molar-refractivity contribution is -0.380. The molecule has 7 nitrogen and oxygen atoms in total. The summed E-state index contributed by atoms with van der Waals surface area (Å²) in [5.74, 6) is -0.931. The lowest BCUT2D eigenvalue weighted by atomic mass is 10.2. The second-order valence-corrected chi connectivity index (χ2v) is 5.24. The van der Waals surface area contributed by atoms with Crippen LogP contribution in [0.25, 0.3) is 0 Å². The summed E-state index contributed by atoms with van der Waals surface area (Å²) in [6, 6.07) is 4.38. The number of hydrogen-bond acceptors (Lipinski definition) is 6. The fraction of sp³-hybridized carbons (Fsp3) is 0.500. The molecule has 0 bridgehead atoms. The highest BCUT2D eigenvalue weighted by Crippen LogP contribution is 2.31. The summed E-state index contributed by atoms with van der Waals surface area (Å²) >= 11 is 0.951. The number of carbonyl (C=O) groups is 1. The molecule has 0 amide bonds. The zero-order chi connectivity index (χ0) is 15.1. The maximum absolute atomic E-state index is 10.7. The number of nitro groups is 1. The third kappa shape index (κ3) is 4.29. The van der Waals surface area contributed by atoms with E-state index in [9.17, 15) is 20.2 Å². The summed E-state index contributed by atoms with van der Waals surface area (Å²) in [7, 11) is 0. The Morgan fingerprint density at radius 3 is 2.75 bits per heavy atom. The summed E-state index contributed by atoms with van der Waals surface area (Å²) in [5.41, 5.74) is 0. The number of aliphatic carboxylic acids is 1. The molecule has 1 aromatic heterocycles. The van der Waals surface area contributed by atoms with E-state index in [0.29, 0.717) is 11.4 Å². The molecule has 1 atom stereocenters. The van der Waals surface area contributed by atoms with Gasteiger partial charge in [-0.1, -0.05) is 18.3 Å². The molecule has 1 N–H and O–H groups in total. The van der Waals surface area contributed by atoms with E-state index in [1.54, 1.807) is 11.0 Å². The lowest BCUT2D eigenvalue weighted by Crippen LogP contribution is -2.30. The smallest absolute Gasteiger partial charge is 0.324 e. The van der Waals surface area contributed by atoms with Gasteiger partial charge in [0, 0.05) is 17.5 Å². The standard InChI is InChI=1S/C12H15N3O4S/c1-2-6-14(7-5-12(16)17)9(8-13)10-3-4-11(20-10)15(18)19/h3-4,9H,2,5-7H2,1H3,(H,16,17). The molecule has 0 saturated carbocycles. The quantitative estimate of drug-likeness (QED) is 0.583. The zero-order valence-electron chi connectivity index (χ0n) is 11.0. The first-order valence-electron chi connectivity index (χ1n) is 6.09. The minimum atomic E-state index is -0.931. The van der Waals surface area contributed by atoms with E-state index in [1.165, 1.54) is 6.07 Å². The molecule has 0 spiro atoms. The largest absolute Gasteiger partial charge is 0.481 e.